The highest BCUT2D eigenvalue weighted by molar-refractivity contribution is 6.03. The van der Waals surface area contributed by atoms with Crippen LogP contribution in [0.2, 0.25) is 0 Å². The first-order valence-corrected chi connectivity index (χ1v) is 6.15. The highest BCUT2D eigenvalue weighted by atomic mass is 16.1. The molecule has 0 heterocycles. The van der Waals surface area contributed by atoms with Gasteiger partial charge in [-0.1, -0.05) is 48.6 Å². The second-order valence-corrected chi connectivity index (χ2v) is 4.63. The number of hydrogen-bond donors (Lipinski definition) is 0. The van der Waals surface area contributed by atoms with Crippen LogP contribution < -0.4 is 0 Å². The van der Waals surface area contributed by atoms with Crippen molar-refractivity contribution in [3.63, 3.8) is 0 Å². The standard InChI is InChI=1S/C17H14O/c1-12-5-4-8-14(12)16-10-9-13-6-2-3-7-15(13)17(16)11-18/h2-7,9-11H,8H2,1H3. The van der Waals surface area contributed by atoms with Crippen molar-refractivity contribution in [1.82, 2.24) is 0 Å². The second-order valence-electron chi connectivity index (χ2n) is 4.63. The van der Waals surface area contributed by atoms with Crippen LogP contribution in [0, 0.1) is 0 Å². The molecule has 0 saturated heterocycles. The van der Waals surface area contributed by atoms with Gasteiger partial charge in [-0.25, -0.2) is 0 Å². The Morgan fingerprint density at radius 3 is 2.67 bits per heavy atom. The van der Waals surface area contributed by atoms with Crippen molar-refractivity contribution in [1.29, 1.82) is 0 Å². The molecule has 2 aromatic rings. The lowest BCUT2D eigenvalue weighted by Gasteiger charge is -2.10. The van der Waals surface area contributed by atoms with E-state index in [1.54, 1.807) is 0 Å². The molecule has 1 heteroatoms. The molecule has 0 spiro atoms. The molecule has 0 amide bonds. The van der Waals surface area contributed by atoms with Crippen LogP contribution in [-0.2, 0) is 0 Å². The molecule has 3 rings (SSSR count). The minimum atomic E-state index is 0.811. The van der Waals surface area contributed by atoms with Crippen molar-refractivity contribution >= 4 is 22.6 Å². The predicted molar refractivity (Wildman–Crippen MR) is 75.7 cm³/mol. The fourth-order valence-electron chi connectivity index (χ4n) is 2.62. The van der Waals surface area contributed by atoms with Gasteiger partial charge in [-0.2, -0.15) is 0 Å². The van der Waals surface area contributed by atoms with Gasteiger partial charge in [0.1, 0.15) is 0 Å². The van der Waals surface area contributed by atoms with Gasteiger partial charge >= 0.3 is 0 Å². The number of fused-ring (bicyclic) bond motifs is 1. The molecule has 2 aromatic carbocycles. The van der Waals surface area contributed by atoms with Crippen LogP contribution in [0.3, 0.4) is 0 Å². The van der Waals surface area contributed by atoms with Gasteiger partial charge in [0.15, 0.2) is 6.29 Å². The van der Waals surface area contributed by atoms with Gasteiger partial charge in [0, 0.05) is 5.56 Å². The fourth-order valence-corrected chi connectivity index (χ4v) is 2.62. The summed E-state index contributed by atoms with van der Waals surface area (Å²) in [6.45, 7) is 2.10. The van der Waals surface area contributed by atoms with Crippen LogP contribution in [0.4, 0.5) is 0 Å². The van der Waals surface area contributed by atoms with E-state index in [0.29, 0.717) is 0 Å². The molecule has 0 aromatic heterocycles. The van der Waals surface area contributed by atoms with Gasteiger partial charge in [0.05, 0.1) is 0 Å². The first-order chi connectivity index (χ1) is 8.81. The zero-order valence-corrected chi connectivity index (χ0v) is 10.3. The Morgan fingerprint density at radius 2 is 1.94 bits per heavy atom. The van der Waals surface area contributed by atoms with Crippen molar-refractivity contribution < 1.29 is 4.79 Å². The summed E-state index contributed by atoms with van der Waals surface area (Å²) >= 11 is 0. The molecule has 0 N–H and O–H groups in total. The quantitative estimate of drug-likeness (QED) is 0.704. The van der Waals surface area contributed by atoms with Crippen LogP contribution in [0.5, 0.6) is 0 Å². The normalized spacial score (nSPS) is 14.5. The van der Waals surface area contributed by atoms with Crippen molar-refractivity contribution in [3.8, 4) is 0 Å². The minimum Gasteiger partial charge on any atom is -0.298 e. The largest absolute Gasteiger partial charge is 0.298 e. The van der Waals surface area contributed by atoms with Gasteiger partial charge < -0.3 is 0 Å². The maximum atomic E-state index is 11.5. The Bertz CT molecular complexity index is 690. The number of aldehydes is 1. The third-order valence-electron chi connectivity index (χ3n) is 3.58. The minimum absolute atomic E-state index is 0.811. The summed E-state index contributed by atoms with van der Waals surface area (Å²) < 4.78 is 0. The van der Waals surface area contributed by atoms with E-state index in [1.807, 2.05) is 24.3 Å². The van der Waals surface area contributed by atoms with E-state index in [9.17, 15) is 4.79 Å². The molecule has 0 unspecified atom stereocenters. The van der Waals surface area contributed by atoms with Crippen molar-refractivity contribution in [3.05, 3.63) is 65.3 Å². The van der Waals surface area contributed by atoms with Crippen molar-refractivity contribution in [2.24, 2.45) is 0 Å². The van der Waals surface area contributed by atoms with Gasteiger partial charge in [-0.3, -0.25) is 4.79 Å². The van der Waals surface area contributed by atoms with Crippen LogP contribution in [-0.4, -0.2) is 6.29 Å². The van der Waals surface area contributed by atoms with Crippen LogP contribution in [0.1, 0.15) is 29.3 Å². The topological polar surface area (TPSA) is 17.1 Å². The maximum absolute atomic E-state index is 11.5. The lowest BCUT2D eigenvalue weighted by atomic mass is 9.93. The molecule has 1 aliphatic rings. The Balaban J connectivity index is 2.31. The number of rotatable bonds is 2. The Morgan fingerprint density at radius 1 is 1.11 bits per heavy atom. The van der Waals surface area contributed by atoms with E-state index < -0.39 is 0 Å². The Labute approximate surface area is 106 Å². The zero-order valence-electron chi connectivity index (χ0n) is 10.3. The van der Waals surface area contributed by atoms with Gasteiger partial charge in [-0.05, 0) is 40.8 Å². The number of hydrogen-bond acceptors (Lipinski definition) is 1. The van der Waals surface area contributed by atoms with E-state index in [0.717, 1.165) is 34.6 Å². The van der Waals surface area contributed by atoms with Crippen LogP contribution in [0.15, 0.2) is 54.1 Å². The highest BCUT2D eigenvalue weighted by Crippen LogP contribution is 2.33. The summed E-state index contributed by atoms with van der Waals surface area (Å²) in [5.41, 5.74) is 4.41. The van der Waals surface area contributed by atoms with E-state index in [1.165, 1.54) is 11.1 Å². The third-order valence-corrected chi connectivity index (χ3v) is 3.58. The molecule has 0 saturated carbocycles. The second kappa shape index (κ2) is 4.26. The number of carbonyl (C=O) groups excluding carboxylic acids is 1. The van der Waals surface area contributed by atoms with Gasteiger partial charge in [0.25, 0.3) is 0 Å². The zero-order chi connectivity index (χ0) is 12.5. The predicted octanol–water partition coefficient (Wildman–Crippen LogP) is 4.39. The number of carbonyl (C=O) groups is 1. The van der Waals surface area contributed by atoms with Crippen molar-refractivity contribution in [2.75, 3.05) is 0 Å². The smallest absolute Gasteiger partial charge is 0.151 e. The van der Waals surface area contributed by atoms with E-state index in [-0.39, 0.29) is 0 Å². The number of benzene rings is 2. The first-order valence-electron chi connectivity index (χ1n) is 6.15. The third kappa shape index (κ3) is 1.60. The average molecular weight is 234 g/mol. The molecule has 1 nitrogen and oxygen atoms in total. The van der Waals surface area contributed by atoms with E-state index in [4.69, 9.17) is 0 Å². The van der Waals surface area contributed by atoms with Gasteiger partial charge in [0.2, 0.25) is 0 Å². The molecule has 88 valence electrons. The molecule has 18 heavy (non-hydrogen) atoms. The van der Waals surface area contributed by atoms with Crippen LogP contribution in [0.25, 0.3) is 16.3 Å². The summed E-state index contributed by atoms with van der Waals surface area (Å²) in [5, 5.41) is 2.16. The Kier molecular flexibility index (Phi) is 2.60. The molecule has 1 aliphatic carbocycles. The first kappa shape index (κ1) is 11.0. The molecular weight excluding hydrogens is 220 g/mol. The molecule has 0 bridgehead atoms. The SMILES string of the molecule is CC1=C(c2ccc3ccccc3c2C=O)CC=C1. The monoisotopic (exact) mass is 234 g/mol. The molecule has 0 aliphatic heterocycles. The van der Waals surface area contributed by atoms with Crippen molar-refractivity contribution in [2.45, 2.75) is 13.3 Å². The molecule has 0 fully saturated rings. The van der Waals surface area contributed by atoms with Gasteiger partial charge in [-0.15, -0.1) is 0 Å². The summed E-state index contributed by atoms with van der Waals surface area (Å²) in [7, 11) is 0. The summed E-state index contributed by atoms with van der Waals surface area (Å²) in [5.74, 6) is 0. The fraction of sp³-hybridized carbons (Fsp3) is 0.118. The highest BCUT2D eigenvalue weighted by Gasteiger charge is 2.13. The molecular formula is C17H14O. The number of allylic oxidation sites excluding steroid dienone is 4. The lowest BCUT2D eigenvalue weighted by Crippen LogP contribution is -1.94. The van der Waals surface area contributed by atoms with E-state index >= 15 is 0 Å². The average Bonchev–Trinajstić information content (AvgIpc) is 2.83. The summed E-state index contributed by atoms with van der Waals surface area (Å²) in [4.78, 5) is 11.5. The molecule has 0 radical (unpaired) electrons. The van der Waals surface area contributed by atoms with E-state index in [2.05, 4.69) is 31.2 Å². The maximum Gasteiger partial charge on any atom is 0.151 e. The summed E-state index contributed by atoms with van der Waals surface area (Å²) in [6, 6.07) is 12.2. The summed E-state index contributed by atoms with van der Waals surface area (Å²) in [6.07, 6.45) is 6.18. The Hall–Kier alpha value is -2.15. The van der Waals surface area contributed by atoms with Crippen LogP contribution >= 0.6 is 0 Å². The molecule has 0 atom stereocenters. The lowest BCUT2D eigenvalue weighted by molar-refractivity contribution is 0.112.